The Balaban J connectivity index is 1.34. The van der Waals surface area contributed by atoms with Crippen molar-refractivity contribution in [3.8, 4) is 22.9 Å². The molecule has 0 unspecified atom stereocenters. The van der Waals surface area contributed by atoms with Crippen molar-refractivity contribution in [2.45, 2.75) is 19.9 Å². The molecule has 3 aromatic rings. The molecule has 2 amide bonds. The van der Waals surface area contributed by atoms with Crippen LogP contribution in [0.25, 0.3) is 11.4 Å². The van der Waals surface area contributed by atoms with Crippen LogP contribution in [0.4, 0.5) is 0 Å². The average molecular weight is 482 g/mol. The summed E-state index contributed by atoms with van der Waals surface area (Å²) in [5, 5.41) is 17.1. The van der Waals surface area contributed by atoms with E-state index in [0.29, 0.717) is 49.9 Å². The van der Waals surface area contributed by atoms with Crippen molar-refractivity contribution in [3.63, 3.8) is 0 Å². The molecule has 1 aliphatic heterocycles. The number of H-pyrrole nitrogens is 1. The predicted molar refractivity (Wildman–Crippen MR) is 129 cm³/mol. The fraction of sp³-hybridized carbons (Fsp3) is 0.333. The molecule has 0 bridgehead atoms. The molecule has 1 saturated heterocycles. The highest BCUT2D eigenvalue weighted by Crippen LogP contribution is 2.22. The van der Waals surface area contributed by atoms with Crippen LogP contribution in [0.1, 0.15) is 23.7 Å². The number of rotatable bonds is 7. The molecule has 1 fully saturated rings. The number of amides is 2. The number of aromatic hydroxyl groups is 1. The van der Waals surface area contributed by atoms with Crippen molar-refractivity contribution in [1.82, 2.24) is 24.6 Å². The molecule has 34 heavy (non-hydrogen) atoms. The maximum Gasteiger partial charge on any atom is 0.257 e. The Labute approximate surface area is 202 Å². The van der Waals surface area contributed by atoms with E-state index < -0.39 is 0 Å². The molecule has 1 aromatic heterocycles. The first kappa shape index (κ1) is 23.5. The van der Waals surface area contributed by atoms with Crippen molar-refractivity contribution in [3.05, 3.63) is 58.9 Å². The number of nitrogens with zero attached hydrogens (tertiary/aromatic N) is 4. The fourth-order valence-electron chi connectivity index (χ4n) is 3.96. The third-order valence-corrected chi connectivity index (χ3v) is 6.10. The second-order valence-corrected chi connectivity index (χ2v) is 8.29. The predicted octanol–water partition coefficient (Wildman–Crippen LogP) is 3.09. The van der Waals surface area contributed by atoms with Crippen molar-refractivity contribution in [2.24, 2.45) is 0 Å². The summed E-state index contributed by atoms with van der Waals surface area (Å²) in [6.45, 7) is 4.65. The number of hydrogen-bond donors (Lipinski definition) is 2. The number of aromatic nitrogens is 3. The topological polar surface area (TPSA) is 104 Å². The van der Waals surface area contributed by atoms with Gasteiger partial charge in [-0.1, -0.05) is 12.1 Å². The van der Waals surface area contributed by atoms with Gasteiger partial charge in [-0.3, -0.25) is 19.3 Å². The lowest BCUT2D eigenvalue weighted by molar-refractivity contribution is -0.132. The molecule has 2 heterocycles. The van der Waals surface area contributed by atoms with Gasteiger partial charge in [-0.2, -0.15) is 5.10 Å². The lowest BCUT2D eigenvalue weighted by Gasteiger charge is -2.35. The van der Waals surface area contributed by atoms with Gasteiger partial charge >= 0.3 is 0 Å². The minimum atomic E-state index is -0.227. The number of aromatic amines is 1. The van der Waals surface area contributed by atoms with Crippen molar-refractivity contribution < 1.29 is 19.4 Å². The van der Waals surface area contributed by atoms with Gasteiger partial charge in [0.05, 0.1) is 12.2 Å². The Kier molecular flexibility index (Phi) is 7.27. The molecule has 0 spiro atoms. The summed E-state index contributed by atoms with van der Waals surface area (Å²) >= 11 is 5.38. The van der Waals surface area contributed by atoms with Crippen molar-refractivity contribution in [2.75, 3.05) is 32.8 Å². The SMILES string of the molecule is CCOc1ccc(-c2n[nH]c(=S)n2CCC(=O)N2CCN(C(=O)c3ccccc3O)CC2)cc1. The van der Waals surface area contributed by atoms with Gasteiger partial charge in [0.1, 0.15) is 11.5 Å². The number of para-hydroxylation sites is 1. The Bertz CT molecular complexity index is 1210. The van der Waals surface area contributed by atoms with E-state index in [1.54, 1.807) is 28.0 Å². The molecule has 0 radical (unpaired) electrons. The highest BCUT2D eigenvalue weighted by Gasteiger charge is 2.26. The largest absolute Gasteiger partial charge is 0.507 e. The third kappa shape index (κ3) is 5.12. The highest BCUT2D eigenvalue weighted by atomic mass is 32.1. The summed E-state index contributed by atoms with van der Waals surface area (Å²) < 4.78 is 7.76. The Morgan fingerprint density at radius 2 is 1.74 bits per heavy atom. The fourth-order valence-corrected chi connectivity index (χ4v) is 4.19. The number of ether oxygens (including phenoxy) is 1. The molecule has 2 aromatic carbocycles. The lowest BCUT2D eigenvalue weighted by atomic mass is 10.1. The first-order chi connectivity index (χ1) is 16.5. The van der Waals surface area contributed by atoms with Crippen LogP contribution >= 0.6 is 12.2 Å². The van der Waals surface area contributed by atoms with Crippen LogP contribution in [0.5, 0.6) is 11.5 Å². The molecule has 10 heteroatoms. The van der Waals surface area contributed by atoms with E-state index in [9.17, 15) is 14.7 Å². The number of phenolic OH excluding ortho intramolecular Hbond substituents is 1. The van der Waals surface area contributed by atoms with Gasteiger partial charge < -0.3 is 19.6 Å². The Hall–Kier alpha value is -3.66. The second kappa shape index (κ2) is 10.5. The smallest absolute Gasteiger partial charge is 0.257 e. The number of hydrogen-bond acceptors (Lipinski definition) is 6. The summed E-state index contributed by atoms with van der Waals surface area (Å²) in [6, 6.07) is 14.1. The summed E-state index contributed by atoms with van der Waals surface area (Å²) in [5.74, 6) is 1.18. The van der Waals surface area contributed by atoms with E-state index in [4.69, 9.17) is 17.0 Å². The van der Waals surface area contributed by atoms with Gasteiger partial charge in [-0.25, -0.2) is 0 Å². The lowest BCUT2D eigenvalue weighted by Crippen LogP contribution is -2.50. The van der Waals surface area contributed by atoms with Crippen LogP contribution < -0.4 is 4.74 Å². The zero-order valence-electron chi connectivity index (χ0n) is 18.9. The number of phenols is 1. The summed E-state index contributed by atoms with van der Waals surface area (Å²) in [7, 11) is 0. The molecular weight excluding hydrogens is 454 g/mol. The van der Waals surface area contributed by atoms with Gasteiger partial charge in [0.15, 0.2) is 10.6 Å². The van der Waals surface area contributed by atoms with Crippen molar-refractivity contribution >= 4 is 24.0 Å². The Morgan fingerprint density at radius 3 is 2.41 bits per heavy atom. The van der Waals surface area contributed by atoms with Gasteiger partial charge in [0.2, 0.25) is 5.91 Å². The molecule has 2 N–H and O–H groups in total. The van der Waals surface area contributed by atoms with Gasteiger partial charge in [-0.15, -0.1) is 0 Å². The molecule has 178 valence electrons. The van der Waals surface area contributed by atoms with Crippen LogP contribution in [0.15, 0.2) is 48.5 Å². The molecule has 4 rings (SSSR count). The van der Waals surface area contributed by atoms with E-state index in [1.807, 2.05) is 35.8 Å². The van der Waals surface area contributed by atoms with Crippen LogP contribution in [0.3, 0.4) is 0 Å². The molecule has 0 saturated carbocycles. The monoisotopic (exact) mass is 481 g/mol. The zero-order chi connectivity index (χ0) is 24.1. The maximum absolute atomic E-state index is 12.9. The van der Waals surface area contributed by atoms with E-state index in [1.165, 1.54) is 6.07 Å². The summed E-state index contributed by atoms with van der Waals surface area (Å²) in [5.41, 5.74) is 1.15. The first-order valence-electron chi connectivity index (χ1n) is 11.2. The van der Waals surface area contributed by atoms with E-state index >= 15 is 0 Å². The van der Waals surface area contributed by atoms with Gasteiger partial charge in [0.25, 0.3) is 5.91 Å². The normalized spacial score (nSPS) is 13.7. The van der Waals surface area contributed by atoms with Gasteiger partial charge in [0, 0.05) is 44.7 Å². The number of nitrogens with one attached hydrogen (secondary N) is 1. The minimum Gasteiger partial charge on any atom is -0.507 e. The number of carbonyl (C=O) groups is 2. The van der Waals surface area contributed by atoms with E-state index in [0.717, 1.165) is 11.3 Å². The highest BCUT2D eigenvalue weighted by molar-refractivity contribution is 7.71. The summed E-state index contributed by atoms with van der Waals surface area (Å²) in [6.07, 6.45) is 0.269. The quantitative estimate of drug-likeness (QED) is 0.503. The first-order valence-corrected chi connectivity index (χ1v) is 11.6. The van der Waals surface area contributed by atoms with Crippen LogP contribution in [-0.4, -0.2) is 74.3 Å². The Morgan fingerprint density at radius 1 is 1.06 bits per heavy atom. The van der Waals surface area contributed by atoms with E-state index in [-0.39, 0.29) is 29.5 Å². The minimum absolute atomic E-state index is 0.00426. The number of benzene rings is 2. The second-order valence-electron chi connectivity index (χ2n) is 7.90. The molecule has 0 atom stereocenters. The molecule has 1 aliphatic rings. The van der Waals surface area contributed by atoms with E-state index in [2.05, 4.69) is 10.2 Å². The average Bonchev–Trinajstić information content (AvgIpc) is 3.23. The van der Waals surface area contributed by atoms with Crippen LogP contribution in [0, 0.1) is 4.77 Å². The van der Waals surface area contributed by atoms with Gasteiger partial charge in [-0.05, 0) is 55.5 Å². The number of piperazine rings is 1. The maximum atomic E-state index is 12.9. The standard InChI is InChI=1S/C24H27N5O4S/c1-2-33-18-9-7-17(8-10-18)22-25-26-24(34)29(22)12-11-21(31)27-13-15-28(16-14-27)23(32)19-5-3-4-6-20(19)30/h3-10,30H,2,11-16H2,1H3,(H,26,34). The molecule has 9 nitrogen and oxygen atoms in total. The third-order valence-electron chi connectivity index (χ3n) is 5.79. The zero-order valence-corrected chi connectivity index (χ0v) is 19.8. The molecule has 0 aliphatic carbocycles. The number of carbonyl (C=O) groups excluding carboxylic acids is 2. The van der Waals surface area contributed by atoms with Crippen molar-refractivity contribution in [1.29, 1.82) is 0 Å². The van der Waals surface area contributed by atoms with Crippen LogP contribution in [-0.2, 0) is 11.3 Å². The molecular formula is C24H27N5O4S. The van der Waals surface area contributed by atoms with Crippen LogP contribution in [0.2, 0.25) is 0 Å². The summed E-state index contributed by atoms with van der Waals surface area (Å²) in [4.78, 5) is 29.0.